The maximum Gasteiger partial charge on any atom is 0.289 e. The first-order valence-corrected chi connectivity index (χ1v) is 6.29. The third kappa shape index (κ3) is 2.52. The molecule has 0 bridgehead atoms. The summed E-state index contributed by atoms with van der Waals surface area (Å²) in [6.45, 7) is 3.17. The largest absolute Gasteiger partial charge is 0.444 e. The maximum absolute atomic E-state index is 12.0. The lowest BCUT2D eigenvalue weighted by molar-refractivity contribution is 0.0628. The van der Waals surface area contributed by atoms with Crippen LogP contribution >= 0.6 is 15.9 Å². The number of piperidine rings is 1. The molecule has 0 unspecified atom stereocenters. The summed E-state index contributed by atoms with van der Waals surface area (Å²) in [5, 5.41) is 9.02. The summed E-state index contributed by atoms with van der Waals surface area (Å²) in [6, 6.07) is 5.68. The number of rotatable bonds is 1. The highest BCUT2D eigenvalue weighted by atomic mass is 79.9. The van der Waals surface area contributed by atoms with Gasteiger partial charge in [-0.3, -0.25) is 4.79 Å². The van der Waals surface area contributed by atoms with Gasteiger partial charge in [0.15, 0.2) is 10.4 Å². The molecule has 0 spiro atoms. The zero-order chi connectivity index (χ0) is 12.5. The molecule has 4 nitrogen and oxygen atoms in total. The van der Waals surface area contributed by atoms with E-state index in [4.69, 9.17) is 9.68 Å². The van der Waals surface area contributed by atoms with E-state index in [2.05, 4.69) is 22.0 Å². The van der Waals surface area contributed by atoms with Crippen molar-refractivity contribution in [3.05, 3.63) is 22.6 Å². The molecule has 1 fully saturated rings. The van der Waals surface area contributed by atoms with Crippen LogP contribution in [0.1, 0.15) is 30.3 Å². The minimum atomic E-state index is -0.291. The summed E-state index contributed by atoms with van der Waals surface area (Å²) < 4.78 is 5.79. The number of furan rings is 1. The van der Waals surface area contributed by atoms with Gasteiger partial charge in [-0.15, -0.1) is 0 Å². The number of halogens is 1. The van der Waals surface area contributed by atoms with Gasteiger partial charge in [-0.2, -0.15) is 5.26 Å². The summed E-state index contributed by atoms with van der Waals surface area (Å²) in [7, 11) is 0. The zero-order valence-electron chi connectivity index (χ0n) is 9.57. The monoisotopic (exact) mass is 296 g/mol. The van der Waals surface area contributed by atoms with E-state index in [0.717, 1.165) is 12.8 Å². The van der Waals surface area contributed by atoms with E-state index in [9.17, 15) is 4.79 Å². The van der Waals surface area contributed by atoms with Gasteiger partial charge >= 0.3 is 0 Å². The fourth-order valence-electron chi connectivity index (χ4n) is 1.90. The highest BCUT2D eigenvalue weighted by Gasteiger charge is 2.32. The Kier molecular flexibility index (Phi) is 3.25. The zero-order valence-corrected chi connectivity index (χ0v) is 11.2. The lowest BCUT2D eigenvalue weighted by Gasteiger charge is -2.34. The lowest BCUT2D eigenvalue weighted by atomic mass is 9.82. The number of likely N-dealkylation sites (tertiary alicyclic amines) is 1. The Morgan fingerprint density at radius 1 is 1.53 bits per heavy atom. The van der Waals surface area contributed by atoms with E-state index in [1.165, 1.54) is 0 Å². The summed E-state index contributed by atoms with van der Waals surface area (Å²) in [4.78, 5) is 13.8. The van der Waals surface area contributed by atoms with Gasteiger partial charge in [-0.05, 0) is 47.8 Å². The molecule has 90 valence electrons. The summed E-state index contributed by atoms with van der Waals surface area (Å²) in [5.41, 5.74) is -0.291. The van der Waals surface area contributed by atoms with Crippen molar-refractivity contribution in [3.63, 3.8) is 0 Å². The van der Waals surface area contributed by atoms with Crippen molar-refractivity contribution < 1.29 is 9.21 Å². The van der Waals surface area contributed by atoms with Gasteiger partial charge in [0.05, 0.1) is 11.5 Å². The molecule has 0 aliphatic carbocycles. The molecule has 17 heavy (non-hydrogen) atoms. The van der Waals surface area contributed by atoms with Gasteiger partial charge in [0.1, 0.15) is 0 Å². The molecule has 0 saturated carbocycles. The lowest BCUT2D eigenvalue weighted by Crippen LogP contribution is -2.41. The topological polar surface area (TPSA) is 57.2 Å². The van der Waals surface area contributed by atoms with Crippen LogP contribution in [0, 0.1) is 16.7 Å². The van der Waals surface area contributed by atoms with E-state index in [-0.39, 0.29) is 11.3 Å². The smallest absolute Gasteiger partial charge is 0.289 e. The average Bonchev–Trinajstić information content (AvgIpc) is 2.76. The van der Waals surface area contributed by atoms with E-state index < -0.39 is 0 Å². The quantitative estimate of drug-likeness (QED) is 0.801. The molecular formula is C12H13BrN2O2. The molecule has 0 N–H and O–H groups in total. The van der Waals surface area contributed by atoms with Crippen molar-refractivity contribution in [1.82, 2.24) is 4.90 Å². The Morgan fingerprint density at radius 3 is 2.65 bits per heavy atom. The summed E-state index contributed by atoms with van der Waals surface area (Å²) >= 11 is 3.17. The second-order valence-corrected chi connectivity index (χ2v) is 5.35. The van der Waals surface area contributed by atoms with E-state index >= 15 is 0 Å². The number of hydrogen-bond donors (Lipinski definition) is 0. The molecule has 0 aromatic carbocycles. The van der Waals surface area contributed by atoms with Crippen molar-refractivity contribution in [2.24, 2.45) is 5.41 Å². The molecule has 1 aromatic heterocycles. The number of nitriles is 1. The highest BCUT2D eigenvalue weighted by molar-refractivity contribution is 9.10. The van der Waals surface area contributed by atoms with E-state index in [0.29, 0.717) is 23.5 Å². The summed E-state index contributed by atoms with van der Waals surface area (Å²) in [6.07, 6.45) is 1.44. The molecule has 1 aromatic rings. The third-order valence-corrected chi connectivity index (χ3v) is 3.63. The second kappa shape index (κ2) is 4.53. The first-order chi connectivity index (χ1) is 8.04. The Hall–Kier alpha value is -1.28. The van der Waals surface area contributed by atoms with Gasteiger partial charge < -0.3 is 9.32 Å². The van der Waals surface area contributed by atoms with Crippen LogP contribution in [0.3, 0.4) is 0 Å². The Bertz CT molecular complexity index is 467. The van der Waals surface area contributed by atoms with Crippen LogP contribution in [0.5, 0.6) is 0 Å². The minimum Gasteiger partial charge on any atom is -0.444 e. The molecular weight excluding hydrogens is 284 g/mol. The standard InChI is InChI=1S/C12H13BrN2O2/c1-12(8-14)4-6-15(7-5-12)11(16)9-2-3-10(13)17-9/h2-3H,4-7H2,1H3. The van der Waals surface area contributed by atoms with Crippen LogP contribution in [0.25, 0.3) is 0 Å². The molecule has 0 atom stereocenters. The van der Waals surface area contributed by atoms with E-state index in [1.54, 1.807) is 17.0 Å². The second-order valence-electron chi connectivity index (χ2n) is 4.57. The fourth-order valence-corrected chi connectivity index (χ4v) is 2.21. The molecule has 1 aliphatic heterocycles. The Morgan fingerprint density at radius 2 is 2.18 bits per heavy atom. The van der Waals surface area contributed by atoms with Crippen molar-refractivity contribution in [2.75, 3.05) is 13.1 Å². The van der Waals surface area contributed by atoms with Gasteiger partial charge in [0, 0.05) is 13.1 Å². The minimum absolute atomic E-state index is 0.101. The molecule has 1 amide bonds. The predicted octanol–water partition coefficient (Wildman–Crippen LogP) is 2.81. The van der Waals surface area contributed by atoms with Crippen LogP contribution in [0.4, 0.5) is 0 Å². The number of nitrogens with zero attached hydrogens (tertiary/aromatic N) is 2. The number of carbonyl (C=O) groups excluding carboxylic acids is 1. The van der Waals surface area contributed by atoms with Crippen LogP contribution < -0.4 is 0 Å². The van der Waals surface area contributed by atoms with Gasteiger partial charge in [-0.25, -0.2) is 0 Å². The normalized spacial score (nSPS) is 18.8. The van der Waals surface area contributed by atoms with Crippen LogP contribution in [0.15, 0.2) is 21.2 Å². The van der Waals surface area contributed by atoms with Gasteiger partial charge in [0.25, 0.3) is 5.91 Å². The molecule has 1 aliphatic rings. The maximum atomic E-state index is 12.0. The van der Waals surface area contributed by atoms with Gasteiger partial charge in [-0.1, -0.05) is 0 Å². The first kappa shape index (κ1) is 12.2. The molecule has 0 radical (unpaired) electrons. The van der Waals surface area contributed by atoms with Crippen LogP contribution in [-0.2, 0) is 0 Å². The van der Waals surface area contributed by atoms with E-state index in [1.807, 2.05) is 6.92 Å². The molecule has 5 heteroatoms. The van der Waals surface area contributed by atoms with Crippen molar-refractivity contribution in [3.8, 4) is 6.07 Å². The Labute approximate surface area is 108 Å². The van der Waals surface area contributed by atoms with Crippen LogP contribution in [-0.4, -0.2) is 23.9 Å². The van der Waals surface area contributed by atoms with Crippen LogP contribution in [0.2, 0.25) is 0 Å². The number of amides is 1. The first-order valence-electron chi connectivity index (χ1n) is 5.50. The Balaban J connectivity index is 2.02. The van der Waals surface area contributed by atoms with Crippen molar-refractivity contribution in [1.29, 1.82) is 5.26 Å². The van der Waals surface area contributed by atoms with Crippen molar-refractivity contribution >= 4 is 21.8 Å². The number of hydrogen-bond acceptors (Lipinski definition) is 3. The average molecular weight is 297 g/mol. The van der Waals surface area contributed by atoms with Crippen molar-refractivity contribution in [2.45, 2.75) is 19.8 Å². The number of carbonyl (C=O) groups is 1. The molecule has 1 saturated heterocycles. The highest BCUT2D eigenvalue weighted by Crippen LogP contribution is 2.30. The molecule has 2 heterocycles. The molecule has 2 rings (SSSR count). The predicted molar refractivity (Wildman–Crippen MR) is 65.3 cm³/mol. The fraction of sp³-hybridized carbons (Fsp3) is 0.500. The van der Waals surface area contributed by atoms with Gasteiger partial charge in [0.2, 0.25) is 0 Å². The summed E-state index contributed by atoms with van der Waals surface area (Å²) in [5.74, 6) is 0.244. The SMILES string of the molecule is CC1(C#N)CCN(C(=O)c2ccc(Br)o2)CC1. The third-order valence-electron chi connectivity index (χ3n) is 3.21.